The van der Waals surface area contributed by atoms with E-state index in [9.17, 15) is 0 Å². The summed E-state index contributed by atoms with van der Waals surface area (Å²) in [6.07, 6.45) is 3.80. The number of nitrogens with one attached hydrogen (secondary N) is 1. The Labute approximate surface area is 134 Å². The number of fused-ring (bicyclic) bond motifs is 1. The van der Waals surface area contributed by atoms with E-state index in [4.69, 9.17) is 23.2 Å². The van der Waals surface area contributed by atoms with Gasteiger partial charge in [-0.15, -0.1) is 0 Å². The molecule has 2 aromatic carbocycles. The highest BCUT2D eigenvalue weighted by atomic mass is 79.9. The van der Waals surface area contributed by atoms with E-state index in [0.717, 1.165) is 26.9 Å². The van der Waals surface area contributed by atoms with E-state index in [1.165, 1.54) is 0 Å². The van der Waals surface area contributed by atoms with Crippen molar-refractivity contribution in [3.63, 3.8) is 0 Å². The van der Waals surface area contributed by atoms with Gasteiger partial charge in [0.1, 0.15) is 5.82 Å². The molecule has 0 saturated carbocycles. The van der Waals surface area contributed by atoms with Crippen LogP contribution in [0.4, 0.5) is 0 Å². The van der Waals surface area contributed by atoms with Crippen molar-refractivity contribution in [3.8, 4) is 0 Å². The fourth-order valence-electron chi connectivity index (χ4n) is 1.89. The largest absolute Gasteiger partial charge is 0.338 e. The van der Waals surface area contributed by atoms with Gasteiger partial charge < -0.3 is 4.98 Å². The first-order chi connectivity index (χ1) is 9.61. The maximum Gasteiger partial charge on any atom is 0.131 e. The minimum absolute atomic E-state index is 0.618. The number of rotatable bonds is 2. The molecule has 0 bridgehead atoms. The molecule has 20 heavy (non-hydrogen) atoms. The third-order valence-electron chi connectivity index (χ3n) is 2.85. The summed E-state index contributed by atoms with van der Waals surface area (Å²) in [5.41, 5.74) is 2.81. The van der Waals surface area contributed by atoms with Crippen molar-refractivity contribution >= 4 is 62.3 Å². The third kappa shape index (κ3) is 2.90. The number of imidazole rings is 1. The molecule has 5 heteroatoms. The van der Waals surface area contributed by atoms with Crippen LogP contribution in [0.2, 0.25) is 10.0 Å². The van der Waals surface area contributed by atoms with Crippen molar-refractivity contribution in [1.82, 2.24) is 9.97 Å². The average molecular weight is 368 g/mol. The van der Waals surface area contributed by atoms with E-state index in [0.29, 0.717) is 10.0 Å². The van der Waals surface area contributed by atoms with Crippen LogP contribution in [0.1, 0.15) is 11.4 Å². The van der Waals surface area contributed by atoms with E-state index >= 15 is 0 Å². The fourth-order valence-corrected chi connectivity index (χ4v) is 2.72. The van der Waals surface area contributed by atoms with Crippen LogP contribution >= 0.6 is 39.1 Å². The Morgan fingerprint density at radius 3 is 2.70 bits per heavy atom. The first kappa shape index (κ1) is 13.7. The standard InChI is InChI=1S/C15H9BrCl2N2/c16-10-3-5-13-14(7-10)20-15(19-13)6-2-9-1-4-11(17)8-12(9)18/h1-8H,(H,19,20)/b6-2+. The first-order valence-corrected chi connectivity index (χ1v) is 7.45. The van der Waals surface area contributed by atoms with Crippen molar-refractivity contribution in [3.05, 3.63) is 62.3 Å². The molecule has 3 aromatic rings. The monoisotopic (exact) mass is 366 g/mol. The molecule has 0 radical (unpaired) electrons. The van der Waals surface area contributed by atoms with Crippen molar-refractivity contribution in [2.45, 2.75) is 0 Å². The van der Waals surface area contributed by atoms with Crippen LogP contribution in [-0.2, 0) is 0 Å². The summed E-state index contributed by atoms with van der Waals surface area (Å²) in [5.74, 6) is 0.782. The number of nitrogens with zero attached hydrogens (tertiary/aromatic N) is 1. The molecular formula is C15H9BrCl2N2. The van der Waals surface area contributed by atoms with E-state index in [2.05, 4.69) is 25.9 Å². The quantitative estimate of drug-likeness (QED) is 0.608. The van der Waals surface area contributed by atoms with Gasteiger partial charge in [0.25, 0.3) is 0 Å². The Morgan fingerprint density at radius 2 is 1.90 bits per heavy atom. The van der Waals surface area contributed by atoms with Gasteiger partial charge in [-0.25, -0.2) is 4.98 Å². The van der Waals surface area contributed by atoms with Crippen LogP contribution in [0.3, 0.4) is 0 Å². The predicted octanol–water partition coefficient (Wildman–Crippen LogP) is 5.80. The van der Waals surface area contributed by atoms with Gasteiger partial charge in [0.05, 0.1) is 11.0 Å². The molecule has 100 valence electrons. The van der Waals surface area contributed by atoms with Gasteiger partial charge >= 0.3 is 0 Å². The van der Waals surface area contributed by atoms with Crippen LogP contribution in [0, 0.1) is 0 Å². The van der Waals surface area contributed by atoms with Crippen molar-refractivity contribution in [2.24, 2.45) is 0 Å². The lowest BCUT2D eigenvalue weighted by Gasteiger charge is -1.97. The summed E-state index contributed by atoms with van der Waals surface area (Å²) >= 11 is 15.4. The highest BCUT2D eigenvalue weighted by Crippen LogP contribution is 2.23. The zero-order valence-electron chi connectivity index (χ0n) is 10.2. The second-order valence-electron chi connectivity index (χ2n) is 4.28. The minimum Gasteiger partial charge on any atom is -0.338 e. The molecule has 1 N–H and O–H groups in total. The molecule has 0 atom stereocenters. The predicted molar refractivity (Wildman–Crippen MR) is 89.2 cm³/mol. The third-order valence-corrected chi connectivity index (χ3v) is 3.90. The lowest BCUT2D eigenvalue weighted by atomic mass is 10.2. The zero-order valence-corrected chi connectivity index (χ0v) is 13.3. The van der Waals surface area contributed by atoms with Gasteiger partial charge in [0, 0.05) is 14.5 Å². The molecule has 0 amide bonds. The van der Waals surface area contributed by atoms with Crippen LogP contribution in [0.25, 0.3) is 23.2 Å². The summed E-state index contributed by atoms with van der Waals surface area (Å²) in [7, 11) is 0. The van der Waals surface area contributed by atoms with Gasteiger partial charge in [0.15, 0.2) is 0 Å². The number of H-pyrrole nitrogens is 1. The van der Waals surface area contributed by atoms with Crippen LogP contribution in [0.15, 0.2) is 40.9 Å². The zero-order chi connectivity index (χ0) is 14.1. The van der Waals surface area contributed by atoms with Crippen molar-refractivity contribution in [2.75, 3.05) is 0 Å². The van der Waals surface area contributed by atoms with E-state index in [-0.39, 0.29) is 0 Å². The van der Waals surface area contributed by atoms with Crippen molar-refractivity contribution < 1.29 is 0 Å². The van der Waals surface area contributed by atoms with Gasteiger partial charge in [0.2, 0.25) is 0 Å². The first-order valence-electron chi connectivity index (χ1n) is 5.90. The SMILES string of the molecule is Clc1ccc(/C=C/c2nc3ccc(Br)cc3[nH]2)c(Cl)c1. The number of benzene rings is 2. The summed E-state index contributed by atoms with van der Waals surface area (Å²) in [5, 5.41) is 1.24. The van der Waals surface area contributed by atoms with Gasteiger partial charge in [-0.1, -0.05) is 45.2 Å². The van der Waals surface area contributed by atoms with E-state index in [1.54, 1.807) is 6.07 Å². The molecule has 1 heterocycles. The number of hydrogen-bond acceptors (Lipinski definition) is 1. The Morgan fingerprint density at radius 1 is 1.05 bits per heavy atom. The molecule has 0 fully saturated rings. The topological polar surface area (TPSA) is 28.7 Å². The number of aromatic nitrogens is 2. The second kappa shape index (κ2) is 5.60. The molecule has 0 unspecified atom stereocenters. The summed E-state index contributed by atoms with van der Waals surface area (Å²) in [4.78, 5) is 7.72. The maximum absolute atomic E-state index is 6.12. The number of halogens is 3. The Kier molecular flexibility index (Phi) is 3.83. The molecule has 0 saturated heterocycles. The average Bonchev–Trinajstić information content (AvgIpc) is 2.79. The minimum atomic E-state index is 0.618. The molecule has 1 aromatic heterocycles. The highest BCUT2D eigenvalue weighted by molar-refractivity contribution is 9.10. The van der Waals surface area contributed by atoms with Gasteiger partial charge in [-0.05, 0) is 48.0 Å². The highest BCUT2D eigenvalue weighted by Gasteiger charge is 2.01. The molecule has 0 spiro atoms. The number of hydrogen-bond donors (Lipinski definition) is 1. The molecular weight excluding hydrogens is 359 g/mol. The number of aromatic amines is 1. The van der Waals surface area contributed by atoms with Crippen LogP contribution in [-0.4, -0.2) is 9.97 Å². The molecule has 3 rings (SSSR count). The van der Waals surface area contributed by atoms with Gasteiger partial charge in [-0.3, -0.25) is 0 Å². The second-order valence-corrected chi connectivity index (χ2v) is 6.04. The Hall–Kier alpha value is -1.29. The summed E-state index contributed by atoms with van der Waals surface area (Å²) in [6, 6.07) is 11.3. The molecule has 0 aliphatic carbocycles. The van der Waals surface area contributed by atoms with Gasteiger partial charge in [-0.2, -0.15) is 0 Å². The van der Waals surface area contributed by atoms with Crippen LogP contribution in [0.5, 0.6) is 0 Å². The Balaban J connectivity index is 1.94. The van der Waals surface area contributed by atoms with Crippen molar-refractivity contribution in [1.29, 1.82) is 0 Å². The molecule has 0 aliphatic rings. The lowest BCUT2D eigenvalue weighted by molar-refractivity contribution is 1.29. The molecule has 0 aliphatic heterocycles. The summed E-state index contributed by atoms with van der Waals surface area (Å²) in [6.45, 7) is 0. The smallest absolute Gasteiger partial charge is 0.131 e. The van der Waals surface area contributed by atoms with E-state index < -0.39 is 0 Å². The maximum atomic E-state index is 6.12. The van der Waals surface area contributed by atoms with E-state index in [1.807, 2.05) is 42.5 Å². The lowest BCUT2D eigenvalue weighted by Crippen LogP contribution is -1.77. The molecule has 2 nitrogen and oxygen atoms in total. The van der Waals surface area contributed by atoms with Crippen LogP contribution < -0.4 is 0 Å². The fraction of sp³-hybridized carbons (Fsp3) is 0. The normalized spacial score (nSPS) is 11.6. The summed E-state index contributed by atoms with van der Waals surface area (Å²) < 4.78 is 1.02. The Bertz CT molecular complexity index is 809.